The van der Waals surface area contributed by atoms with Gasteiger partial charge in [0, 0.05) is 20.6 Å². The van der Waals surface area contributed by atoms with Crippen molar-refractivity contribution in [1.29, 1.82) is 0 Å². The van der Waals surface area contributed by atoms with Crippen LogP contribution in [-0.4, -0.2) is 11.8 Å². The lowest BCUT2D eigenvalue weighted by molar-refractivity contribution is 0.0280. The zero-order valence-electron chi connectivity index (χ0n) is 14.5. The highest BCUT2D eigenvalue weighted by atomic mass is 79.9. The molecule has 0 spiro atoms. The van der Waals surface area contributed by atoms with Crippen LogP contribution in [-0.2, 0) is 4.74 Å². The molecule has 0 fully saturated rings. The van der Waals surface area contributed by atoms with Gasteiger partial charge >= 0.3 is 5.97 Å². The summed E-state index contributed by atoms with van der Waals surface area (Å²) in [6.07, 6.45) is -1.06. The predicted molar refractivity (Wildman–Crippen MR) is 109 cm³/mol. The average molecular weight is 444 g/mol. The van der Waals surface area contributed by atoms with Gasteiger partial charge in [-0.1, -0.05) is 76.1 Å². The van der Waals surface area contributed by atoms with Crippen LogP contribution in [0.15, 0.2) is 77.3 Å². The van der Waals surface area contributed by atoms with Crippen molar-refractivity contribution in [3.63, 3.8) is 0 Å². The van der Waals surface area contributed by atoms with Crippen molar-refractivity contribution < 1.29 is 14.3 Å². The van der Waals surface area contributed by atoms with E-state index in [0.717, 1.165) is 10.0 Å². The molecule has 0 saturated heterocycles. The summed E-state index contributed by atoms with van der Waals surface area (Å²) in [4.78, 5) is 25.7. The van der Waals surface area contributed by atoms with E-state index in [1.807, 2.05) is 19.1 Å². The number of ether oxygens (including phenoxy) is 1. The smallest absolute Gasteiger partial charge is 0.339 e. The summed E-state index contributed by atoms with van der Waals surface area (Å²) < 4.78 is 6.42. The van der Waals surface area contributed by atoms with Crippen molar-refractivity contribution in [3.05, 3.63) is 105 Å². The molecule has 5 heteroatoms. The van der Waals surface area contributed by atoms with Crippen LogP contribution in [0.3, 0.4) is 0 Å². The largest absolute Gasteiger partial charge is 0.445 e. The van der Waals surface area contributed by atoms with Gasteiger partial charge in [-0.15, -0.1) is 0 Å². The number of hydrogen-bond acceptors (Lipinski definition) is 3. The molecule has 0 heterocycles. The number of esters is 1. The maximum atomic E-state index is 13.0. The van der Waals surface area contributed by atoms with Crippen molar-refractivity contribution in [2.24, 2.45) is 0 Å². The molecule has 1 atom stereocenters. The molecule has 1 unspecified atom stereocenters. The number of rotatable bonds is 5. The number of hydrogen-bond donors (Lipinski definition) is 0. The third-order valence-electron chi connectivity index (χ3n) is 4.10. The van der Waals surface area contributed by atoms with E-state index in [1.54, 1.807) is 60.7 Å². The number of Topliss-reactive ketones (excluding diaryl/α,β-unsaturated/α-hetero) is 1. The fourth-order valence-corrected chi connectivity index (χ4v) is 3.06. The second kappa shape index (κ2) is 8.51. The Morgan fingerprint density at radius 3 is 2.22 bits per heavy atom. The van der Waals surface area contributed by atoms with Crippen molar-refractivity contribution in [2.75, 3.05) is 0 Å². The van der Waals surface area contributed by atoms with Gasteiger partial charge in [-0.3, -0.25) is 4.79 Å². The third kappa shape index (κ3) is 4.65. The molecule has 3 rings (SSSR count). The zero-order chi connectivity index (χ0) is 19.4. The van der Waals surface area contributed by atoms with Crippen LogP contribution in [0.2, 0.25) is 5.02 Å². The Morgan fingerprint density at radius 1 is 0.926 bits per heavy atom. The number of carbonyl (C=O) groups is 2. The van der Waals surface area contributed by atoms with E-state index in [-0.39, 0.29) is 5.78 Å². The van der Waals surface area contributed by atoms with E-state index in [2.05, 4.69) is 15.9 Å². The van der Waals surface area contributed by atoms with Crippen LogP contribution in [0, 0.1) is 6.92 Å². The first-order valence-corrected chi connectivity index (χ1v) is 9.44. The van der Waals surface area contributed by atoms with Crippen molar-refractivity contribution in [2.45, 2.75) is 13.0 Å². The highest BCUT2D eigenvalue weighted by molar-refractivity contribution is 9.10. The molecule has 0 aromatic heterocycles. The SMILES string of the molecule is Cc1ccc(C(=O)OC(C(=O)c2ccccc2)c2ccc(Cl)cc2)cc1Br. The summed E-state index contributed by atoms with van der Waals surface area (Å²) in [6, 6.07) is 20.6. The van der Waals surface area contributed by atoms with E-state index in [1.165, 1.54) is 0 Å². The standard InChI is InChI=1S/C22H16BrClO3/c1-14-7-8-17(13-19(14)23)22(26)27-21(16-9-11-18(24)12-10-16)20(25)15-5-3-2-4-6-15/h2-13,21H,1H3. The molecule has 0 bridgehead atoms. The van der Waals surface area contributed by atoms with E-state index in [4.69, 9.17) is 16.3 Å². The minimum atomic E-state index is -1.06. The fourth-order valence-electron chi connectivity index (χ4n) is 2.56. The van der Waals surface area contributed by atoms with Crippen molar-refractivity contribution in [3.8, 4) is 0 Å². The van der Waals surface area contributed by atoms with Gasteiger partial charge < -0.3 is 4.74 Å². The molecule has 0 saturated carbocycles. The zero-order valence-corrected chi connectivity index (χ0v) is 16.8. The van der Waals surface area contributed by atoms with Crippen LogP contribution >= 0.6 is 27.5 Å². The van der Waals surface area contributed by atoms with Gasteiger partial charge in [-0.2, -0.15) is 0 Å². The first kappa shape index (κ1) is 19.3. The molecule has 27 heavy (non-hydrogen) atoms. The first-order valence-electron chi connectivity index (χ1n) is 8.27. The van der Waals surface area contributed by atoms with Gasteiger partial charge in [0.1, 0.15) is 0 Å². The first-order chi connectivity index (χ1) is 13.0. The molecule has 3 nitrogen and oxygen atoms in total. The van der Waals surface area contributed by atoms with Crippen molar-refractivity contribution in [1.82, 2.24) is 0 Å². The molecular weight excluding hydrogens is 428 g/mol. The molecule has 0 aliphatic heterocycles. The summed E-state index contributed by atoms with van der Waals surface area (Å²) in [5, 5.41) is 0.540. The lowest BCUT2D eigenvalue weighted by atomic mass is 9.99. The summed E-state index contributed by atoms with van der Waals surface area (Å²) in [5.74, 6) is -0.864. The highest BCUT2D eigenvalue weighted by Crippen LogP contribution is 2.26. The number of ketones is 1. The van der Waals surface area contributed by atoms with Gasteiger partial charge in [0.05, 0.1) is 5.56 Å². The van der Waals surface area contributed by atoms with Crippen LogP contribution < -0.4 is 0 Å². The lowest BCUT2D eigenvalue weighted by Gasteiger charge is -2.18. The Labute approximate surface area is 171 Å². The molecule has 0 radical (unpaired) electrons. The quantitative estimate of drug-likeness (QED) is 0.349. The Hall–Kier alpha value is -2.43. The second-order valence-electron chi connectivity index (χ2n) is 6.03. The van der Waals surface area contributed by atoms with E-state index < -0.39 is 12.1 Å². The topological polar surface area (TPSA) is 43.4 Å². The Morgan fingerprint density at radius 2 is 1.59 bits per heavy atom. The fraction of sp³-hybridized carbons (Fsp3) is 0.0909. The molecule has 0 amide bonds. The van der Waals surface area contributed by atoms with Crippen LogP contribution in [0.25, 0.3) is 0 Å². The number of halogens is 2. The van der Waals surface area contributed by atoms with Crippen LogP contribution in [0.4, 0.5) is 0 Å². The summed E-state index contributed by atoms with van der Waals surface area (Å²) in [6.45, 7) is 1.93. The maximum absolute atomic E-state index is 13.0. The van der Waals surface area contributed by atoms with Crippen LogP contribution in [0.1, 0.15) is 37.9 Å². The van der Waals surface area contributed by atoms with Gasteiger partial charge in [-0.25, -0.2) is 4.79 Å². The van der Waals surface area contributed by atoms with E-state index in [9.17, 15) is 9.59 Å². The summed E-state index contributed by atoms with van der Waals surface area (Å²) in [5.41, 5.74) is 2.40. The molecular formula is C22H16BrClO3. The molecule has 0 aliphatic carbocycles. The summed E-state index contributed by atoms with van der Waals surface area (Å²) in [7, 11) is 0. The van der Waals surface area contributed by atoms with Crippen molar-refractivity contribution >= 4 is 39.3 Å². The third-order valence-corrected chi connectivity index (χ3v) is 5.21. The maximum Gasteiger partial charge on any atom is 0.339 e. The molecule has 136 valence electrons. The minimum absolute atomic E-state index is 0.294. The Kier molecular flexibility index (Phi) is 6.09. The minimum Gasteiger partial charge on any atom is -0.445 e. The van der Waals surface area contributed by atoms with Gasteiger partial charge in [0.2, 0.25) is 5.78 Å². The van der Waals surface area contributed by atoms with Crippen LogP contribution in [0.5, 0.6) is 0 Å². The number of carbonyl (C=O) groups excluding carboxylic acids is 2. The number of aryl methyl sites for hydroxylation is 1. The van der Waals surface area contributed by atoms with Gasteiger partial charge in [0.25, 0.3) is 0 Å². The Balaban J connectivity index is 1.94. The monoisotopic (exact) mass is 442 g/mol. The molecule has 0 aliphatic rings. The van der Waals surface area contributed by atoms with Gasteiger partial charge in [-0.05, 0) is 36.8 Å². The number of benzene rings is 3. The Bertz CT molecular complexity index is 969. The molecule has 3 aromatic carbocycles. The lowest BCUT2D eigenvalue weighted by Crippen LogP contribution is -2.20. The normalized spacial score (nSPS) is 11.7. The highest BCUT2D eigenvalue weighted by Gasteiger charge is 2.27. The van der Waals surface area contributed by atoms with E-state index in [0.29, 0.717) is 21.7 Å². The second-order valence-corrected chi connectivity index (χ2v) is 7.32. The summed E-state index contributed by atoms with van der Waals surface area (Å²) >= 11 is 9.36. The van der Waals surface area contributed by atoms with E-state index >= 15 is 0 Å². The molecule has 0 N–H and O–H groups in total. The predicted octanol–water partition coefficient (Wildman–Crippen LogP) is 6.19. The average Bonchev–Trinajstić information content (AvgIpc) is 2.69. The molecule has 3 aromatic rings. The van der Waals surface area contributed by atoms with Gasteiger partial charge in [0.15, 0.2) is 6.10 Å².